The SMILES string of the molecule is C(=C1/N=C(c2ccncc2)c2ccccc21)/c1[nH]c(-c2ccncc2)c2ccccc12. The number of hydrogen-bond donors (Lipinski definition) is 1. The minimum Gasteiger partial charge on any atom is -0.354 e. The average molecular weight is 398 g/mol. The smallest absolute Gasteiger partial charge is 0.0789 e. The van der Waals surface area contributed by atoms with E-state index in [1.165, 1.54) is 10.8 Å². The third kappa shape index (κ3) is 2.97. The summed E-state index contributed by atoms with van der Waals surface area (Å²) in [6.07, 6.45) is 9.41. The van der Waals surface area contributed by atoms with Gasteiger partial charge in [-0.1, -0.05) is 48.5 Å². The first-order chi connectivity index (χ1) is 15.4. The highest BCUT2D eigenvalue weighted by atomic mass is 14.8. The number of rotatable bonds is 3. The largest absolute Gasteiger partial charge is 0.354 e. The van der Waals surface area contributed by atoms with Gasteiger partial charge in [-0.15, -0.1) is 0 Å². The molecular formula is C27H18N4. The zero-order valence-electron chi connectivity index (χ0n) is 16.7. The zero-order valence-corrected chi connectivity index (χ0v) is 16.7. The van der Waals surface area contributed by atoms with E-state index in [1.807, 2.05) is 49.1 Å². The van der Waals surface area contributed by atoms with Gasteiger partial charge in [0.15, 0.2) is 0 Å². The Balaban J connectivity index is 1.55. The van der Waals surface area contributed by atoms with Crippen LogP contribution in [0.4, 0.5) is 0 Å². The lowest BCUT2D eigenvalue weighted by Crippen LogP contribution is -2.00. The van der Waals surface area contributed by atoms with Crippen molar-refractivity contribution in [1.29, 1.82) is 0 Å². The summed E-state index contributed by atoms with van der Waals surface area (Å²) in [5.74, 6) is 0. The molecule has 146 valence electrons. The second-order valence-corrected chi connectivity index (χ2v) is 7.47. The summed E-state index contributed by atoms with van der Waals surface area (Å²) in [6.45, 7) is 0. The molecule has 4 heteroatoms. The van der Waals surface area contributed by atoms with Crippen molar-refractivity contribution in [1.82, 2.24) is 15.0 Å². The van der Waals surface area contributed by atoms with Crippen LogP contribution in [-0.2, 0) is 0 Å². The van der Waals surface area contributed by atoms with Crippen LogP contribution in [0, 0.1) is 0 Å². The van der Waals surface area contributed by atoms with E-state index < -0.39 is 0 Å². The number of nitrogens with zero attached hydrogens (tertiary/aromatic N) is 3. The van der Waals surface area contributed by atoms with Crippen molar-refractivity contribution in [2.24, 2.45) is 4.99 Å². The summed E-state index contributed by atoms with van der Waals surface area (Å²) in [6, 6.07) is 24.9. The molecule has 31 heavy (non-hydrogen) atoms. The summed E-state index contributed by atoms with van der Waals surface area (Å²) in [4.78, 5) is 17.0. The molecule has 0 atom stereocenters. The minimum atomic E-state index is 0.954. The molecule has 3 aromatic heterocycles. The molecule has 4 nitrogen and oxygen atoms in total. The molecule has 1 aliphatic rings. The standard InChI is InChI=1S/C27H18N4/c1-3-7-22-20(5-1)24(30-26(22)18-9-13-28-14-10-18)17-25-21-6-2-4-8-23(21)27(31-25)19-11-15-29-16-12-19/h1-17,30H/b25-17-. The highest BCUT2D eigenvalue weighted by Gasteiger charge is 2.22. The van der Waals surface area contributed by atoms with E-state index in [9.17, 15) is 0 Å². The van der Waals surface area contributed by atoms with Crippen LogP contribution in [0.5, 0.6) is 0 Å². The van der Waals surface area contributed by atoms with Crippen LogP contribution in [-0.4, -0.2) is 20.7 Å². The molecule has 0 spiro atoms. The molecule has 0 amide bonds. The van der Waals surface area contributed by atoms with Gasteiger partial charge in [-0.25, -0.2) is 4.99 Å². The number of benzene rings is 2. The summed E-state index contributed by atoms with van der Waals surface area (Å²) >= 11 is 0. The Kier molecular flexibility index (Phi) is 4.06. The quantitative estimate of drug-likeness (QED) is 0.407. The average Bonchev–Trinajstić information content (AvgIpc) is 3.40. The number of H-pyrrole nitrogens is 1. The minimum absolute atomic E-state index is 0.954. The van der Waals surface area contributed by atoms with E-state index >= 15 is 0 Å². The lowest BCUT2D eigenvalue weighted by Gasteiger charge is -2.02. The fraction of sp³-hybridized carbons (Fsp3) is 0. The fourth-order valence-electron chi connectivity index (χ4n) is 4.20. The van der Waals surface area contributed by atoms with Crippen LogP contribution in [0.2, 0.25) is 0 Å². The molecule has 0 unspecified atom stereocenters. The fourth-order valence-corrected chi connectivity index (χ4v) is 4.20. The lowest BCUT2D eigenvalue weighted by molar-refractivity contribution is 1.31. The van der Waals surface area contributed by atoms with Crippen molar-refractivity contribution < 1.29 is 0 Å². The Hall–Kier alpha value is -4.31. The number of hydrogen-bond acceptors (Lipinski definition) is 3. The van der Waals surface area contributed by atoms with Crippen LogP contribution < -0.4 is 0 Å². The summed E-state index contributed by atoms with van der Waals surface area (Å²) in [7, 11) is 0. The Morgan fingerprint density at radius 2 is 1.23 bits per heavy atom. The molecule has 4 heterocycles. The lowest BCUT2D eigenvalue weighted by atomic mass is 10.00. The monoisotopic (exact) mass is 398 g/mol. The van der Waals surface area contributed by atoms with E-state index in [0.717, 1.165) is 45.1 Å². The molecule has 5 aromatic rings. The molecule has 0 saturated carbocycles. The number of aliphatic imine (C=N–C) groups is 1. The second-order valence-electron chi connectivity index (χ2n) is 7.47. The Morgan fingerprint density at radius 1 is 0.613 bits per heavy atom. The van der Waals surface area contributed by atoms with Crippen LogP contribution in [0.25, 0.3) is 33.8 Å². The molecule has 0 radical (unpaired) electrons. The van der Waals surface area contributed by atoms with Crippen molar-refractivity contribution in [3.63, 3.8) is 0 Å². The molecule has 1 N–H and O–H groups in total. The van der Waals surface area contributed by atoms with E-state index in [2.05, 4.69) is 69.6 Å². The second kappa shape index (κ2) is 7.18. The van der Waals surface area contributed by atoms with Gasteiger partial charge in [0.25, 0.3) is 0 Å². The Labute approximate surface area is 179 Å². The highest BCUT2D eigenvalue weighted by Crippen LogP contribution is 2.36. The number of pyridine rings is 2. The van der Waals surface area contributed by atoms with Crippen LogP contribution in [0.15, 0.2) is 103 Å². The van der Waals surface area contributed by atoms with Crippen LogP contribution >= 0.6 is 0 Å². The molecule has 2 aromatic carbocycles. The van der Waals surface area contributed by atoms with Gasteiger partial charge in [-0.2, -0.15) is 0 Å². The Bertz CT molecular complexity index is 1460. The summed E-state index contributed by atoms with van der Waals surface area (Å²) < 4.78 is 0. The molecule has 6 rings (SSSR count). The van der Waals surface area contributed by atoms with Crippen molar-refractivity contribution in [3.8, 4) is 11.3 Å². The zero-order chi connectivity index (χ0) is 20.6. The van der Waals surface area contributed by atoms with Gasteiger partial charge in [-0.3, -0.25) is 9.97 Å². The maximum atomic E-state index is 5.03. The number of aromatic nitrogens is 3. The maximum Gasteiger partial charge on any atom is 0.0789 e. The summed E-state index contributed by atoms with van der Waals surface area (Å²) in [5.41, 5.74) is 8.54. The molecule has 0 bridgehead atoms. The van der Waals surface area contributed by atoms with E-state index in [1.54, 1.807) is 0 Å². The van der Waals surface area contributed by atoms with Crippen molar-refractivity contribution in [2.75, 3.05) is 0 Å². The van der Waals surface area contributed by atoms with E-state index in [-0.39, 0.29) is 0 Å². The number of fused-ring (bicyclic) bond motifs is 2. The maximum absolute atomic E-state index is 5.03. The predicted molar refractivity (Wildman–Crippen MR) is 126 cm³/mol. The first kappa shape index (κ1) is 17.5. The van der Waals surface area contributed by atoms with Gasteiger partial charge < -0.3 is 4.98 Å². The molecular weight excluding hydrogens is 380 g/mol. The molecule has 0 fully saturated rings. The molecule has 1 aliphatic heterocycles. The van der Waals surface area contributed by atoms with Crippen molar-refractivity contribution >= 4 is 28.3 Å². The van der Waals surface area contributed by atoms with Gasteiger partial charge in [0, 0.05) is 63.5 Å². The van der Waals surface area contributed by atoms with Gasteiger partial charge in [-0.05, 0) is 30.3 Å². The normalized spacial score (nSPS) is 14.1. The number of aromatic amines is 1. The topological polar surface area (TPSA) is 53.9 Å². The van der Waals surface area contributed by atoms with Gasteiger partial charge in [0.2, 0.25) is 0 Å². The van der Waals surface area contributed by atoms with Crippen molar-refractivity contribution in [3.05, 3.63) is 120 Å². The molecule has 0 aliphatic carbocycles. The Morgan fingerprint density at radius 3 is 1.97 bits per heavy atom. The highest BCUT2D eigenvalue weighted by molar-refractivity contribution is 6.21. The summed E-state index contributed by atoms with van der Waals surface area (Å²) in [5, 5.41) is 2.36. The van der Waals surface area contributed by atoms with Crippen molar-refractivity contribution in [2.45, 2.75) is 0 Å². The molecule has 0 saturated heterocycles. The van der Waals surface area contributed by atoms with Gasteiger partial charge >= 0.3 is 0 Å². The third-order valence-electron chi connectivity index (χ3n) is 5.64. The van der Waals surface area contributed by atoms with Gasteiger partial charge in [0.05, 0.1) is 17.1 Å². The third-order valence-corrected chi connectivity index (χ3v) is 5.64. The van der Waals surface area contributed by atoms with Crippen LogP contribution in [0.3, 0.4) is 0 Å². The predicted octanol–water partition coefficient (Wildman–Crippen LogP) is 5.97. The van der Waals surface area contributed by atoms with E-state index in [4.69, 9.17) is 4.99 Å². The first-order valence-corrected chi connectivity index (χ1v) is 10.2. The van der Waals surface area contributed by atoms with E-state index in [0.29, 0.717) is 0 Å². The first-order valence-electron chi connectivity index (χ1n) is 10.2. The number of nitrogens with one attached hydrogen (secondary N) is 1. The van der Waals surface area contributed by atoms with Crippen LogP contribution in [0.1, 0.15) is 22.4 Å². The van der Waals surface area contributed by atoms with Gasteiger partial charge in [0.1, 0.15) is 0 Å².